The summed E-state index contributed by atoms with van der Waals surface area (Å²) in [7, 11) is 2.00. The molecule has 0 spiro atoms. The summed E-state index contributed by atoms with van der Waals surface area (Å²) < 4.78 is 2.03. The van der Waals surface area contributed by atoms with Gasteiger partial charge in [0.25, 0.3) is 0 Å². The number of likely N-dealkylation sites (tertiary alicyclic amines) is 1. The summed E-state index contributed by atoms with van der Waals surface area (Å²) in [4.78, 5) is 17.2. The minimum absolute atomic E-state index is 0.229. The lowest BCUT2D eigenvalue weighted by Crippen LogP contribution is -2.35. The Balaban J connectivity index is 1.94. The van der Waals surface area contributed by atoms with Crippen molar-refractivity contribution in [2.75, 3.05) is 13.1 Å². The number of imidazole rings is 1. The van der Waals surface area contributed by atoms with Gasteiger partial charge in [0.15, 0.2) is 0 Å². The molecule has 4 heteroatoms. The first kappa shape index (κ1) is 10.4. The van der Waals surface area contributed by atoms with Gasteiger partial charge in [-0.05, 0) is 19.4 Å². The number of carbonyl (C=O) groups is 1. The average molecular weight is 207 g/mol. The van der Waals surface area contributed by atoms with Gasteiger partial charge >= 0.3 is 0 Å². The molecule has 0 N–H and O–H groups in total. The zero-order chi connectivity index (χ0) is 10.7. The lowest BCUT2D eigenvalue weighted by molar-refractivity contribution is -0.112. The second kappa shape index (κ2) is 4.57. The summed E-state index contributed by atoms with van der Waals surface area (Å²) in [6, 6.07) is 0. The van der Waals surface area contributed by atoms with Gasteiger partial charge in [0, 0.05) is 32.3 Å². The van der Waals surface area contributed by atoms with Crippen LogP contribution in [-0.2, 0) is 18.4 Å². The van der Waals surface area contributed by atoms with Crippen LogP contribution in [0.15, 0.2) is 12.5 Å². The number of aryl methyl sites for hydroxylation is 1. The molecule has 15 heavy (non-hydrogen) atoms. The SMILES string of the molecule is Cn1cncc1CN1CCCC(C=O)C1. The molecule has 0 saturated carbocycles. The molecule has 0 bridgehead atoms. The molecule has 1 aliphatic heterocycles. The van der Waals surface area contributed by atoms with Crippen LogP contribution in [-0.4, -0.2) is 33.8 Å². The van der Waals surface area contributed by atoms with E-state index >= 15 is 0 Å². The molecule has 0 radical (unpaired) electrons. The molecule has 0 aliphatic carbocycles. The quantitative estimate of drug-likeness (QED) is 0.689. The number of piperidine rings is 1. The molecular weight excluding hydrogens is 190 g/mol. The Bertz CT molecular complexity index is 334. The molecule has 1 aliphatic rings. The normalized spacial score (nSPS) is 22.9. The average Bonchev–Trinajstić information content (AvgIpc) is 2.65. The summed E-state index contributed by atoms with van der Waals surface area (Å²) in [6.07, 6.45) is 6.98. The fraction of sp³-hybridized carbons (Fsp3) is 0.636. The summed E-state index contributed by atoms with van der Waals surface area (Å²) in [5, 5.41) is 0. The Hall–Kier alpha value is -1.16. The highest BCUT2D eigenvalue weighted by atomic mass is 16.1. The van der Waals surface area contributed by atoms with Crippen molar-refractivity contribution in [1.29, 1.82) is 0 Å². The van der Waals surface area contributed by atoms with E-state index in [1.54, 1.807) is 0 Å². The second-order valence-electron chi connectivity index (χ2n) is 4.27. The molecule has 0 aromatic carbocycles. The summed E-state index contributed by atoms with van der Waals surface area (Å²) >= 11 is 0. The first-order valence-corrected chi connectivity index (χ1v) is 5.42. The van der Waals surface area contributed by atoms with Gasteiger partial charge in [-0.15, -0.1) is 0 Å². The third-order valence-corrected chi connectivity index (χ3v) is 3.04. The zero-order valence-corrected chi connectivity index (χ0v) is 9.09. The number of rotatable bonds is 3. The molecule has 1 unspecified atom stereocenters. The predicted octanol–water partition coefficient (Wildman–Crippen LogP) is 0.831. The highest BCUT2D eigenvalue weighted by molar-refractivity contribution is 5.53. The maximum Gasteiger partial charge on any atom is 0.124 e. The number of hydrogen-bond acceptors (Lipinski definition) is 3. The van der Waals surface area contributed by atoms with Crippen LogP contribution in [0.5, 0.6) is 0 Å². The van der Waals surface area contributed by atoms with Crippen LogP contribution in [0.2, 0.25) is 0 Å². The van der Waals surface area contributed by atoms with Gasteiger partial charge in [-0.3, -0.25) is 4.90 Å². The number of carbonyl (C=O) groups excluding carboxylic acids is 1. The largest absolute Gasteiger partial charge is 0.337 e. The smallest absolute Gasteiger partial charge is 0.124 e. The molecule has 2 rings (SSSR count). The van der Waals surface area contributed by atoms with Crippen LogP contribution in [0.4, 0.5) is 0 Å². The lowest BCUT2D eigenvalue weighted by Gasteiger charge is -2.29. The van der Waals surface area contributed by atoms with Crippen molar-refractivity contribution in [2.45, 2.75) is 19.4 Å². The molecule has 4 nitrogen and oxygen atoms in total. The van der Waals surface area contributed by atoms with E-state index in [0.717, 1.165) is 38.8 Å². The van der Waals surface area contributed by atoms with E-state index in [1.165, 1.54) is 5.69 Å². The van der Waals surface area contributed by atoms with Crippen LogP contribution in [0.25, 0.3) is 0 Å². The Morgan fingerprint density at radius 1 is 1.67 bits per heavy atom. The van der Waals surface area contributed by atoms with Gasteiger partial charge in [-0.25, -0.2) is 4.98 Å². The number of nitrogens with zero attached hydrogens (tertiary/aromatic N) is 3. The van der Waals surface area contributed by atoms with Gasteiger partial charge in [-0.2, -0.15) is 0 Å². The summed E-state index contributed by atoms with van der Waals surface area (Å²) in [5.74, 6) is 0.229. The molecule has 82 valence electrons. The van der Waals surface area contributed by atoms with Crippen LogP contribution in [0.1, 0.15) is 18.5 Å². The van der Waals surface area contributed by atoms with Gasteiger partial charge in [-0.1, -0.05) is 0 Å². The van der Waals surface area contributed by atoms with E-state index in [2.05, 4.69) is 9.88 Å². The lowest BCUT2D eigenvalue weighted by atomic mass is 10.00. The maximum absolute atomic E-state index is 10.7. The topological polar surface area (TPSA) is 38.1 Å². The number of aromatic nitrogens is 2. The standard InChI is InChI=1S/C11H17N3O/c1-13-9-12-5-11(13)7-14-4-2-3-10(6-14)8-15/h5,8-10H,2-4,6-7H2,1H3. The van der Waals surface area contributed by atoms with E-state index in [0.29, 0.717) is 0 Å². The first-order chi connectivity index (χ1) is 7.29. The van der Waals surface area contributed by atoms with Crippen molar-refractivity contribution >= 4 is 6.29 Å². The monoisotopic (exact) mass is 207 g/mol. The van der Waals surface area contributed by atoms with Crippen molar-refractivity contribution in [1.82, 2.24) is 14.5 Å². The summed E-state index contributed by atoms with van der Waals surface area (Å²) in [6.45, 7) is 2.89. The Morgan fingerprint density at radius 3 is 3.20 bits per heavy atom. The first-order valence-electron chi connectivity index (χ1n) is 5.42. The van der Waals surface area contributed by atoms with Crippen LogP contribution in [0.3, 0.4) is 0 Å². The van der Waals surface area contributed by atoms with E-state index in [4.69, 9.17) is 0 Å². The van der Waals surface area contributed by atoms with E-state index < -0.39 is 0 Å². The molecule has 1 atom stereocenters. The van der Waals surface area contributed by atoms with Crippen LogP contribution >= 0.6 is 0 Å². The second-order valence-corrected chi connectivity index (χ2v) is 4.27. The minimum atomic E-state index is 0.229. The van der Waals surface area contributed by atoms with Gasteiger partial charge in [0.05, 0.1) is 12.0 Å². The maximum atomic E-state index is 10.7. The van der Waals surface area contributed by atoms with Crippen molar-refractivity contribution in [2.24, 2.45) is 13.0 Å². The van der Waals surface area contributed by atoms with E-state index in [1.807, 2.05) is 24.1 Å². The Kier molecular flexibility index (Phi) is 3.16. The van der Waals surface area contributed by atoms with Crippen molar-refractivity contribution < 1.29 is 4.79 Å². The van der Waals surface area contributed by atoms with Crippen LogP contribution in [0, 0.1) is 5.92 Å². The molecule has 2 heterocycles. The van der Waals surface area contributed by atoms with Gasteiger partial charge in [0.1, 0.15) is 6.29 Å². The molecule has 0 amide bonds. The summed E-state index contributed by atoms with van der Waals surface area (Å²) in [5.41, 5.74) is 1.21. The van der Waals surface area contributed by atoms with Gasteiger partial charge < -0.3 is 9.36 Å². The highest BCUT2D eigenvalue weighted by Crippen LogP contribution is 2.16. The number of aldehydes is 1. The third-order valence-electron chi connectivity index (χ3n) is 3.04. The van der Waals surface area contributed by atoms with Crippen molar-refractivity contribution in [3.05, 3.63) is 18.2 Å². The molecule has 1 fully saturated rings. The zero-order valence-electron chi connectivity index (χ0n) is 9.09. The highest BCUT2D eigenvalue weighted by Gasteiger charge is 2.19. The minimum Gasteiger partial charge on any atom is -0.337 e. The fourth-order valence-corrected chi connectivity index (χ4v) is 2.11. The van der Waals surface area contributed by atoms with Crippen LogP contribution < -0.4 is 0 Å². The van der Waals surface area contributed by atoms with E-state index in [9.17, 15) is 4.79 Å². The molecule has 1 aromatic heterocycles. The molecule has 1 saturated heterocycles. The molecule has 1 aromatic rings. The Morgan fingerprint density at radius 2 is 2.53 bits per heavy atom. The van der Waals surface area contributed by atoms with E-state index in [-0.39, 0.29) is 5.92 Å². The Labute approximate surface area is 89.9 Å². The fourth-order valence-electron chi connectivity index (χ4n) is 2.11. The number of hydrogen-bond donors (Lipinski definition) is 0. The van der Waals surface area contributed by atoms with Crippen molar-refractivity contribution in [3.63, 3.8) is 0 Å². The van der Waals surface area contributed by atoms with Gasteiger partial charge in [0.2, 0.25) is 0 Å². The molecular formula is C11H17N3O. The predicted molar refractivity (Wildman–Crippen MR) is 57.3 cm³/mol. The third kappa shape index (κ3) is 2.45. The van der Waals surface area contributed by atoms with Crippen molar-refractivity contribution in [3.8, 4) is 0 Å².